The van der Waals surface area contributed by atoms with Crippen LogP contribution >= 0.6 is 0 Å². The van der Waals surface area contributed by atoms with Gasteiger partial charge in [0.1, 0.15) is 28.9 Å². The van der Waals surface area contributed by atoms with Crippen LogP contribution in [0.25, 0.3) is 11.0 Å². The van der Waals surface area contributed by atoms with Gasteiger partial charge in [0.2, 0.25) is 15.8 Å². The first-order valence-corrected chi connectivity index (χ1v) is 10.8. The molecule has 0 saturated heterocycles. The number of hydrogen-bond acceptors (Lipinski definition) is 7. The number of benzene rings is 2. The summed E-state index contributed by atoms with van der Waals surface area (Å²) in [6, 6.07) is 10.3. The van der Waals surface area contributed by atoms with Gasteiger partial charge in [0.25, 0.3) is 0 Å². The van der Waals surface area contributed by atoms with E-state index in [1.807, 2.05) is 0 Å². The predicted octanol–water partition coefficient (Wildman–Crippen LogP) is 3.16. The molecule has 8 nitrogen and oxygen atoms in total. The molecule has 3 aromatic rings. The molecular weight excluding hydrogens is 429 g/mol. The monoisotopic (exact) mass is 449 g/mol. The van der Waals surface area contributed by atoms with Gasteiger partial charge >= 0.3 is 11.9 Å². The summed E-state index contributed by atoms with van der Waals surface area (Å²) < 4.78 is 56.3. The topological polar surface area (TPSA) is 112 Å². The minimum absolute atomic E-state index is 0.101. The second-order valence-electron chi connectivity index (χ2n) is 6.51. The lowest BCUT2D eigenvalue weighted by atomic mass is 10.1. The Labute approximate surface area is 178 Å². The van der Waals surface area contributed by atoms with Crippen LogP contribution < -0.4 is 4.72 Å². The van der Waals surface area contributed by atoms with E-state index in [4.69, 9.17) is 13.9 Å². The van der Waals surface area contributed by atoms with Crippen LogP contribution in [0, 0.1) is 5.82 Å². The normalized spacial score (nSPS) is 12.5. The van der Waals surface area contributed by atoms with E-state index < -0.39 is 38.7 Å². The Morgan fingerprint density at radius 3 is 2.48 bits per heavy atom. The fourth-order valence-corrected chi connectivity index (χ4v) is 4.15. The highest BCUT2D eigenvalue weighted by Crippen LogP contribution is 2.27. The van der Waals surface area contributed by atoms with E-state index in [9.17, 15) is 22.4 Å². The molecule has 0 radical (unpaired) electrons. The van der Waals surface area contributed by atoms with E-state index in [0.29, 0.717) is 16.5 Å². The molecule has 0 saturated carbocycles. The van der Waals surface area contributed by atoms with Gasteiger partial charge in [-0.15, -0.1) is 0 Å². The van der Waals surface area contributed by atoms with Gasteiger partial charge in [-0.2, -0.15) is 4.72 Å². The van der Waals surface area contributed by atoms with Crippen LogP contribution in [0.3, 0.4) is 0 Å². The largest absolute Gasteiger partial charge is 0.460 e. The summed E-state index contributed by atoms with van der Waals surface area (Å²) in [7, 11) is -4.29. The quantitative estimate of drug-likeness (QED) is 0.526. The molecule has 1 heterocycles. The van der Waals surface area contributed by atoms with Gasteiger partial charge in [0.05, 0.1) is 12.2 Å². The van der Waals surface area contributed by atoms with Crippen LogP contribution in [0.2, 0.25) is 0 Å². The number of para-hydroxylation sites is 1. The molecule has 2 aromatic carbocycles. The fraction of sp³-hybridized carbons (Fsp3) is 0.238. The molecule has 164 valence electrons. The van der Waals surface area contributed by atoms with Gasteiger partial charge in [0, 0.05) is 5.39 Å². The summed E-state index contributed by atoms with van der Waals surface area (Å²) >= 11 is 0. The fourth-order valence-electron chi connectivity index (χ4n) is 2.88. The average Bonchev–Trinajstić information content (AvgIpc) is 3.10. The summed E-state index contributed by atoms with van der Waals surface area (Å²) in [6.45, 7) is 2.68. The van der Waals surface area contributed by atoms with Crippen LogP contribution in [0.1, 0.15) is 30.0 Å². The second kappa shape index (κ2) is 9.27. The molecule has 0 amide bonds. The second-order valence-corrected chi connectivity index (χ2v) is 8.19. The molecule has 0 aliphatic heterocycles. The van der Waals surface area contributed by atoms with Crippen molar-refractivity contribution in [3.63, 3.8) is 0 Å². The molecule has 1 N–H and O–H groups in total. The van der Waals surface area contributed by atoms with E-state index in [0.717, 1.165) is 12.1 Å². The van der Waals surface area contributed by atoms with Crippen molar-refractivity contribution in [3.05, 3.63) is 65.7 Å². The zero-order chi connectivity index (χ0) is 22.6. The zero-order valence-electron chi connectivity index (χ0n) is 16.8. The third-order valence-electron chi connectivity index (χ3n) is 4.33. The number of rotatable bonds is 8. The number of hydrogen-bond donors (Lipinski definition) is 1. The smallest absolute Gasteiger partial charge is 0.374 e. The molecule has 1 atom stereocenters. The SMILES string of the molecule is CCOC(=O)c1oc2ccccc2c1COC(=O)C(C)NS(=O)(=O)c1ccccc1F. The Hall–Kier alpha value is -3.24. The number of ether oxygens (including phenoxy) is 2. The van der Waals surface area contributed by atoms with Crippen molar-refractivity contribution < 1.29 is 36.3 Å². The number of nitrogens with one attached hydrogen (secondary N) is 1. The van der Waals surface area contributed by atoms with Crippen molar-refractivity contribution in [2.75, 3.05) is 6.61 Å². The standard InChI is InChI=1S/C21H20FNO7S/c1-3-28-21(25)19-15(14-8-4-6-10-17(14)30-19)12-29-20(24)13(2)23-31(26,27)18-11-7-5-9-16(18)22/h4-11,13,23H,3,12H2,1-2H3. The Morgan fingerprint density at radius 1 is 1.10 bits per heavy atom. The highest BCUT2D eigenvalue weighted by molar-refractivity contribution is 7.89. The van der Waals surface area contributed by atoms with Gasteiger partial charge in [-0.25, -0.2) is 17.6 Å². The molecule has 0 aliphatic carbocycles. The summed E-state index contributed by atoms with van der Waals surface area (Å²) in [6.07, 6.45) is 0. The molecular formula is C21H20FNO7S. The van der Waals surface area contributed by atoms with E-state index in [-0.39, 0.29) is 19.0 Å². The van der Waals surface area contributed by atoms with Crippen LogP contribution in [0.4, 0.5) is 4.39 Å². The lowest BCUT2D eigenvalue weighted by molar-refractivity contribution is -0.146. The maximum atomic E-state index is 13.8. The van der Waals surface area contributed by atoms with Crippen molar-refractivity contribution in [2.45, 2.75) is 31.4 Å². The zero-order valence-corrected chi connectivity index (χ0v) is 17.6. The molecule has 0 spiro atoms. The maximum absolute atomic E-state index is 13.8. The summed E-state index contributed by atoms with van der Waals surface area (Å²) in [5, 5.41) is 0.554. The van der Waals surface area contributed by atoms with Crippen LogP contribution in [-0.4, -0.2) is 33.0 Å². The van der Waals surface area contributed by atoms with Gasteiger partial charge in [0.15, 0.2) is 0 Å². The summed E-state index contributed by atoms with van der Waals surface area (Å²) in [5.41, 5.74) is 0.705. The Morgan fingerprint density at radius 2 is 1.77 bits per heavy atom. The minimum Gasteiger partial charge on any atom is -0.460 e. The maximum Gasteiger partial charge on any atom is 0.374 e. The number of carbonyl (C=O) groups excluding carboxylic acids is 2. The van der Waals surface area contributed by atoms with E-state index in [1.165, 1.54) is 19.1 Å². The predicted molar refractivity (Wildman–Crippen MR) is 108 cm³/mol. The van der Waals surface area contributed by atoms with E-state index in [1.54, 1.807) is 31.2 Å². The van der Waals surface area contributed by atoms with Crippen molar-refractivity contribution >= 4 is 32.9 Å². The molecule has 0 aliphatic rings. The first kappa shape index (κ1) is 22.4. The van der Waals surface area contributed by atoms with Gasteiger partial charge in [-0.3, -0.25) is 4.79 Å². The first-order chi connectivity index (χ1) is 14.7. The molecule has 1 aromatic heterocycles. The number of fused-ring (bicyclic) bond motifs is 1. The third-order valence-corrected chi connectivity index (χ3v) is 5.90. The highest BCUT2D eigenvalue weighted by atomic mass is 32.2. The van der Waals surface area contributed by atoms with Crippen LogP contribution in [0.5, 0.6) is 0 Å². The van der Waals surface area contributed by atoms with E-state index in [2.05, 4.69) is 4.72 Å². The van der Waals surface area contributed by atoms with Gasteiger partial charge in [-0.05, 0) is 32.0 Å². The Kier molecular flexibility index (Phi) is 6.71. The molecule has 31 heavy (non-hydrogen) atoms. The van der Waals surface area contributed by atoms with Crippen molar-refractivity contribution in [1.82, 2.24) is 4.72 Å². The molecule has 3 rings (SSSR count). The summed E-state index contributed by atoms with van der Waals surface area (Å²) in [4.78, 5) is 24.0. The number of sulfonamides is 1. The van der Waals surface area contributed by atoms with Crippen LogP contribution in [-0.2, 0) is 30.9 Å². The van der Waals surface area contributed by atoms with Gasteiger partial charge in [-0.1, -0.05) is 30.3 Å². The first-order valence-electron chi connectivity index (χ1n) is 9.35. The van der Waals surface area contributed by atoms with Crippen molar-refractivity contribution in [2.24, 2.45) is 0 Å². The van der Waals surface area contributed by atoms with Crippen LogP contribution in [0.15, 0.2) is 57.8 Å². The lowest BCUT2D eigenvalue weighted by Crippen LogP contribution is -2.39. The van der Waals surface area contributed by atoms with E-state index >= 15 is 0 Å². The summed E-state index contributed by atoms with van der Waals surface area (Å²) in [5.74, 6) is -2.67. The van der Waals surface area contributed by atoms with Gasteiger partial charge < -0.3 is 13.9 Å². The average molecular weight is 449 g/mol. The lowest BCUT2D eigenvalue weighted by Gasteiger charge is -2.14. The minimum atomic E-state index is -4.29. The number of esters is 2. The van der Waals surface area contributed by atoms with Crippen molar-refractivity contribution in [3.8, 4) is 0 Å². The number of carbonyl (C=O) groups is 2. The number of furan rings is 1. The molecule has 1 unspecified atom stereocenters. The molecule has 0 fully saturated rings. The highest BCUT2D eigenvalue weighted by Gasteiger charge is 2.27. The Bertz CT molecular complexity index is 1220. The molecule has 0 bridgehead atoms. The number of halogens is 1. The Balaban J connectivity index is 1.76. The molecule has 10 heteroatoms. The van der Waals surface area contributed by atoms with Crippen molar-refractivity contribution in [1.29, 1.82) is 0 Å². The third kappa shape index (κ3) is 4.92.